The Kier molecular flexibility index (Phi) is 4.73. The molecule has 2 aromatic carbocycles. The highest BCUT2D eigenvalue weighted by atomic mass is 127. The number of nitrogens with two attached hydrogens (primary N) is 1. The second kappa shape index (κ2) is 7.45. The fraction of sp³-hybridized carbons (Fsp3) is 0.143. The van der Waals surface area contributed by atoms with Crippen molar-refractivity contribution in [3.05, 3.63) is 72.8 Å². The number of halogens is 2. The first kappa shape index (κ1) is 19.7. The molecular weight excluding hydrogens is 516 g/mol. The molecule has 5 rings (SSSR count). The van der Waals surface area contributed by atoms with Crippen molar-refractivity contribution in [2.45, 2.75) is 18.9 Å². The van der Waals surface area contributed by atoms with Crippen LogP contribution in [0.15, 0.2) is 56.5 Å². The van der Waals surface area contributed by atoms with Gasteiger partial charge in [0, 0.05) is 14.8 Å². The Morgan fingerprint density at radius 3 is 2.71 bits per heavy atom. The largest absolute Gasteiger partial charge is 0.441 e. The maximum atomic E-state index is 14.4. The second-order valence-corrected chi connectivity index (χ2v) is 8.48. The van der Waals surface area contributed by atoms with E-state index in [2.05, 4.69) is 15.4 Å². The zero-order chi connectivity index (χ0) is 21.7. The number of nitrogens with one attached hydrogen (secondary N) is 1. The summed E-state index contributed by atoms with van der Waals surface area (Å²) < 4.78 is 21.8. The first-order valence-electron chi connectivity index (χ1n) is 9.46. The molecule has 4 aromatic rings. The van der Waals surface area contributed by atoms with E-state index in [4.69, 9.17) is 10.2 Å². The Morgan fingerprint density at radius 2 is 2.00 bits per heavy atom. The summed E-state index contributed by atoms with van der Waals surface area (Å²) in [5, 5.41) is 7.29. The number of fused-ring (bicyclic) bond motifs is 1. The van der Waals surface area contributed by atoms with Crippen molar-refractivity contribution in [3.8, 4) is 11.3 Å². The molecule has 10 heteroatoms. The van der Waals surface area contributed by atoms with E-state index < -0.39 is 17.1 Å². The van der Waals surface area contributed by atoms with Crippen molar-refractivity contribution in [2.24, 2.45) is 0 Å². The van der Waals surface area contributed by atoms with E-state index in [1.54, 1.807) is 30.3 Å². The first-order chi connectivity index (χ1) is 14.9. The van der Waals surface area contributed by atoms with Crippen molar-refractivity contribution in [1.29, 1.82) is 0 Å². The van der Waals surface area contributed by atoms with E-state index >= 15 is 0 Å². The predicted molar refractivity (Wildman–Crippen MR) is 123 cm³/mol. The molecular formula is C21H15FIN5O3. The van der Waals surface area contributed by atoms with Gasteiger partial charge in [-0.05, 0) is 65.8 Å². The smallest absolute Gasteiger partial charge is 0.405 e. The molecule has 1 fully saturated rings. The maximum Gasteiger partial charge on any atom is 0.441 e. The highest BCUT2D eigenvalue weighted by molar-refractivity contribution is 14.1. The van der Waals surface area contributed by atoms with Gasteiger partial charge in [-0.3, -0.25) is 4.79 Å². The molecule has 8 nitrogen and oxygen atoms in total. The lowest BCUT2D eigenvalue weighted by molar-refractivity contribution is 0.523. The Morgan fingerprint density at radius 1 is 1.19 bits per heavy atom. The summed E-state index contributed by atoms with van der Waals surface area (Å²) in [6, 6.07) is 11.4. The third kappa shape index (κ3) is 3.67. The van der Waals surface area contributed by atoms with Gasteiger partial charge < -0.3 is 15.5 Å². The van der Waals surface area contributed by atoms with Gasteiger partial charge in [0.2, 0.25) is 0 Å². The zero-order valence-corrected chi connectivity index (χ0v) is 18.1. The lowest BCUT2D eigenvalue weighted by Gasteiger charge is -2.13. The van der Waals surface area contributed by atoms with E-state index in [9.17, 15) is 14.0 Å². The Bertz CT molecular complexity index is 1460. The lowest BCUT2D eigenvalue weighted by atomic mass is 10.1. The van der Waals surface area contributed by atoms with Gasteiger partial charge >= 0.3 is 5.76 Å². The third-order valence-electron chi connectivity index (χ3n) is 4.94. The summed E-state index contributed by atoms with van der Waals surface area (Å²) in [6.45, 7) is 0. The summed E-state index contributed by atoms with van der Waals surface area (Å²) >= 11 is 1.99. The first-order valence-corrected chi connectivity index (χ1v) is 10.5. The SMILES string of the molecule is Nc1cccc(-c2nn(C3CC3)c(=O)c3c(Nc4ccc(I)cc4F)nc(=O)oc23)c1. The van der Waals surface area contributed by atoms with Crippen LogP contribution < -0.4 is 22.4 Å². The second-order valence-electron chi connectivity index (χ2n) is 7.24. The van der Waals surface area contributed by atoms with Crippen LogP contribution in [0.4, 0.5) is 21.6 Å². The van der Waals surface area contributed by atoms with Gasteiger partial charge in [0.25, 0.3) is 5.56 Å². The monoisotopic (exact) mass is 531 g/mol. The lowest BCUT2D eigenvalue weighted by Crippen LogP contribution is -2.25. The number of rotatable bonds is 4. The van der Waals surface area contributed by atoms with Gasteiger partial charge in [0.15, 0.2) is 11.4 Å². The van der Waals surface area contributed by atoms with E-state index in [0.717, 1.165) is 12.8 Å². The molecule has 0 spiro atoms. The minimum absolute atomic E-state index is 0.0249. The molecule has 1 aliphatic carbocycles. The number of aromatic nitrogens is 3. The van der Waals surface area contributed by atoms with Crippen molar-refractivity contribution >= 4 is 50.8 Å². The van der Waals surface area contributed by atoms with Crippen molar-refractivity contribution in [3.63, 3.8) is 0 Å². The summed E-state index contributed by atoms with van der Waals surface area (Å²) in [6.07, 6.45) is 1.63. The minimum atomic E-state index is -0.934. The van der Waals surface area contributed by atoms with E-state index in [1.807, 2.05) is 22.6 Å². The summed E-state index contributed by atoms with van der Waals surface area (Å²) in [4.78, 5) is 29.3. The van der Waals surface area contributed by atoms with Crippen LogP contribution in [0, 0.1) is 9.39 Å². The van der Waals surface area contributed by atoms with Crippen LogP contribution in [-0.2, 0) is 0 Å². The van der Waals surface area contributed by atoms with Crippen LogP contribution in [-0.4, -0.2) is 14.8 Å². The van der Waals surface area contributed by atoms with Crippen LogP contribution in [0.2, 0.25) is 0 Å². The number of hydrogen-bond acceptors (Lipinski definition) is 7. The molecule has 0 amide bonds. The van der Waals surface area contributed by atoms with Crippen LogP contribution in [0.3, 0.4) is 0 Å². The van der Waals surface area contributed by atoms with Gasteiger partial charge in [-0.25, -0.2) is 13.9 Å². The highest BCUT2D eigenvalue weighted by Crippen LogP contribution is 2.36. The molecule has 0 bridgehead atoms. The summed E-state index contributed by atoms with van der Waals surface area (Å²) in [5.41, 5.74) is 6.88. The predicted octanol–water partition coefficient (Wildman–Crippen LogP) is 3.82. The number of nitrogen functional groups attached to an aromatic ring is 1. The molecule has 1 saturated carbocycles. The number of nitrogens with zero attached hydrogens (tertiary/aromatic N) is 3. The molecule has 0 radical (unpaired) electrons. The Balaban J connectivity index is 1.81. The molecule has 31 heavy (non-hydrogen) atoms. The summed E-state index contributed by atoms with van der Waals surface area (Å²) in [7, 11) is 0. The average Bonchev–Trinajstić information content (AvgIpc) is 3.55. The Hall–Kier alpha value is -3.28. The van der Waals surface area contributed by atoms with Crippen molar-refractivity contribution in [2.75, 3.05) is 11.1 Å². The fourth-order valence-corrected chi connectivity index (χ4v) is 3.80. The summed E-state index contributed by atoms with van der Waals surface area (Å²) in [5.74, 6) is -1.56. The normalized spacial score (nSPS) is 13.5. The van der Waals surface area contributed by atoms with E-state index in [0.29, 0.717) is 20.5 Å². The standard InChI is InChI=1S/C21H15FIN5O3/c22-14-9-11(23)4-7-15(14)25-19-16-18(31-21(30)26-19)17(10-2-1-3-12(24)8-10)27-28(20(16)29)13-5-6-13/h1-4,7-9,13H,5-6,24H2,(H,25,26,30). The number of hydrogen-bond donors (Lipinski definition) is 2. The third-order valence-corrected chi connectivity index (χ3v) is 5.61. The molecule has 2 aromatic heterocycles. The van der Waals surface area contributed by atoms with Gasteiger partial charge in [0.05, 0.1) is 11.7 Å². The van der Waals surface area contributed by atoms with Crippen molar-refractivity contribution < 1.29 is 8.81 Å². The fourth-order valence-electron chi connectivity index (χ4n) is 3.34. The molecule has 0 unspecified atom stereocenters. The van der Waals surface area contributed by atoms with Crippen LogP contribution in [0.1, 0.15) is 18.9 Å². The van der Waals surface area contributed by atoms with E-state index in [1.165, 1.54) is 16.8 Å². The molecule has 156 valence electrons. The van der Waals surface area contributed by atoms with E-state index in [-0.39, 0.29) is 28.5 Å². The molecule has 0 aliphatic heterocycles. The molecule has 0 atom stereocenters. The molecule has 1 aliphatic rings. The Labute approximate surface area is 188 Å². The van der Waals surface area contributed by atoms with Gasteiger partial charge in [-0.15, -0.1) is 0 Å². The average molecular weight is 531 g/mol. The number of benzene rings is 2. The van der Waals surface area contributed by atoms with Gasteiger partial charge in [-0.2, -0.15) is 10.1 Å². The minimum Gasteiger partial charge on any atom is -0.405 e. The maximum absolute atomic E-state index is 14.4. The number of anilines is 3. The van der Waals surface area contributed by atoms with Crippen molar-refractivity contribution in [1.82, 2.24) is 14.8 Å². The molecule has 2 heterocycles. The van der Waals surface area contributed by atoms with Gasteiger partial charge in [0.1, 0.15) is 16.9 Å². The molecule has 3 N–H and O–H groups in total. The van der Waals surface area contributed by atoms with Crippen LogP contribution >= 0.6 is 22.6 Å². The molecule has 0 saturated heterocycles. The van der Waals surface area contributed by atoms with Crippen LogP contribution in [0.5, 0.6) is 0 Å². The van der Waals surface area contributed by atoms with Crippen LogP contribution in [0.25, 0.3) is 22.2 Å². The zero-order valence-electron chi connectivity index (χ0n) is 15.9. The highest BCUT2D eigenvalue weighted by Gasteiger charge is 2.30. The topological polar surface area (TPSA) is 116 Å². The quantitative estimate of drug-likeness (QED) is 0.304. The van der Waals surface area contributed by atoms with Gasteiger partial charge in [-0.1, -0.05) is 12.1 Å².